The van der Waals surface area contributed by atoms with E-state index in [0.29, 0.717) is 32.9 Å². The SMILES string of the molecule is Cc1nn(C(=O)C(F)(F)F)c2ccc(Nc3[nH]nc4ncccc34)cc12. The van der Waals surface area contributed by atoms with Crippen LogP contribution in [0.15, 0.2) is 36.5 Å². The van der Waals surface area contributed by atoms with Crippen LogP contribution in [0.2, 0.25) is 0 Å². The number of carbonyl (C=O) groups is 1. The Morgan fingerprint density at radius 1 is 1.23 bits per heavy atom. The molecule has 1 aromatic carbocycles. The van der Waals surface area contributed by atoms with E-state index in [1.807, 2.05) is 6.07 Å². The van der Waals surface area contributed by atoms with Crippen LogP contribution >= 0.6 is 0 Å². The zero-order valence-electron chi connectivity index (χ0n) is 13.3. The van der Waals surface area contributed by atoms with E-state index in [4.69, 9.17) is 0 Å². The lowest BCUT2D eigenvalue weighted by atomic mass is 10.2. The molecule has 4 aromatic rings. The molecule has 2 N–H and O–H groups in total. The highest BCUT2D eigenvalue weighted by atomic mass is 19.4. The van der Waals surface area contributed by atoms with Crippen LogP contribution in [0.25, 0.3) is 21.9 Å². The number of rotatable bonds is 2. The molecule has 0 aliphatic heterocycles. The fourth-order valence-corrected chi connectivity index (χ4v) is 2.71. The third kappa shape index (κ3) is 2.55. The Bertz CT molecular complexity index is 1140. The smallest absolute Gasteiger partial charge is 0.340 e. The van der Waals surface area contributed by atoms with Crippen LogP contribution in [0.5, 0.6) is 0 Å². The van der Waals surface area contributed by atoms with Gasteiger partial charge in [0.2, 0.25) is 0 Å². The van der Waals surface area contributed by atoms with Crippen molar-refractivity contribution < 1.29 is 18.0 Å². The van der Waals surface area contributed by atoms with Gasteiger partial charge in [-0.15, -0.1) is 0 Å². The highest BCUT2D eigenvalue weighted by molar-refractivity contribution is 5.97. The largest absolute Gasteiger partial charge is 0.473 e. The lowest BCUT2D eigenvalue weighted by Gasteiger charge is -2.07. The monoisotopic (exact) mass is 360 g/mol. The topological polar surface area (TPSA) is 88.5 Å². The molecule has 0 aliphatic rings. The number of hydrogen-bond donors (Lipinski definition) is 2. The normalized spacial score (nSPS) is 12.0. The van der Waals surface area contributed by atoms with E-state index < -0.39 is 12.1 Å². The van der Waals surface area contributed by atoms with Gasteiger partial charge in [-0.2, -0.15) is 28.1 Å². The van der Waals surface area contributed by atoms with E-state index in [1.165, 1.54) is 6.07 Å². The zero-order chi connectivity index (χ0) is 18.5. The van der Waals surface area contributed by atoms with Gasteiger partial charge >= 0.3 is 12.1 Å². The highest BCUT2D eigenvalue weighted by Crippen LogP contribution is 2.28. The summed E-state index contributed by atoms with van der Waals surface area (Å²) in [4.78, 5) is 15.6. The van der Waals surface area contributed by atoms with E-state index >= 15 is 0 Å². The van der Waals surface area contributed by atoms with Crippen LogP contribution < -0.4 is 5.32 Å². The molecule has 0 radical (unpaired) electrons. The number of aryl methyl sites for hydroxylation is 1. The zero-order valence-corrected chi connectivity index (χ0v) is 13.3. The number of aromatic amines is 1. The molecule has 0 fully saturated rings. The molecule has 0 atom stereocenters. The number of halogens is 3. The number of anilines is 2. The number of carbonyl (C=O) groups excluding carboxylic acids is 1. The number of hydrogen-bond acceptors (Lipinski definition) is 5. The van der Waals surface area contributed by atoms with Crippen molar-refractivity contribution in [1.82, 2.24) is 25.0 Å². The maximum absolute atomic E-state index is 12.7. The summed E-state index contributed by atoms with van der Waals surface area (Å²) in [5, 5.41) is 14.9. The molecule has 0 aliphatic carbocycles. The third-order valence-corrected chi connectivity index (χ3v) is 3.90. The molecule has 0 saturated heterocycles. The van der Waals surface area contributed by atoms with Gasteiger partial charge in [0.1, 0.15) is 5.82 Å². The van der Waals surface area contributed by atoms with E-state index in [9.17, 15) is 18.0 Å². The molecule has 132 valence electrons. The number of nitrogens with one attached hydrogen (secondary N) is 2. The Morgan fingerprint density at radius 2 is 2.04 bits per heavy atom. The Kier molecular flexibility index (Phi) is 3.43. The molecule has 3 aromatic heterocycles. The summed E-state index contributed by atoms with van der Waals surface area (Å²) in [6.45, 7) is 1.54. The van der Waals surface area contributed by atoms with Crippen molar-refractivity contribution in [3.05, 3.63) is 42.2 Å². The first-order valence-corrected chi connectivity index (χ1v) is 7.51. The first-order chi connectivity index (χ1) is 12.3. The number of benzene rings is 1. The molecule has 0 bridgehead atoms. The molecular weight excluding hydrogens is 349 g/mol. The highest BCUT2D eigenvalue weighted by Gasteiger charge is 2.41. The standard InChI is InChI=1S/C16H11F3N6O/c1-8-11-7-9(21-14-10-3-2-6-20-13(10)22-23-14)4-5-12(11)25(24-8)15(26)16(17,18)19/h2-7H,1H3,(H2,20,21,22,23). The summed E-state index contributed by atoms with van der Waals surface area (Å²) in [6, 6.07) is 8.20. The predicted molar refractivity (Wildman–Crippen MR) is 88.3 cm³/mol. The summed E-state index contributed by atoms with van der Waals surface area (Å²) in [6.07, 6.45) is -3.38. The van der Waals surface area contributed by atoms with Crippen molar-refractivity contribution in [2.75, 3.05) is 5.32 Å². The third-order valence-electron chi connectivity index (χ3n) is 3.90. The van der Waals surface area contributed by atoms with Crippen molar-refractivity contribution in [3.8, 4) is 0 Å². The van der Waals surface area contributed by atoms with Crippen molar-refractivity contribution in [1.29, 1.82) is 0 Å². The van der Waals surface area contributed by atoms with E-state index in [1.54, 1.807) is 31.3 Å². The average Bonchev–Trinajstić information content (AvgIpc) is 3.15. The Balaban J connectivity index is 1.75. The maximum Gasteiger partial charge on any atom is 0.473 e. The van der Waals surface area contributed by atoms with E-state index in [0.717, 1.165) is 5.39 Å². The molecule has 0 saturated carbocycles. The summed E-state index contributed by atoms with van der Waals surface area (Å²) in [5.41, 5.74) is 1.55. The van der Waals surface area contributed by atoms with Crippen molar-refractivity contribution in [3.63, 3.8) is 0 Å². The molecule has 7 nitrogen and oxygen atoms in total. The Labute approximate surface area is 143 Å². The van der Waals surface area contributed by atoms with Crippen molar-refractivity contribution in [2.24, 2.45) is 0 Å². The van der Waals surface area contributed by atoms with Crippen LogP contribution in [-0.2, 0) is 0 Å². The number of pyridine rings is 1. The van der Waals surface area contributed by atoms with Gasteiger partial charge in [0.15, 0.2) is 5.65 Å². The second-order valence-corrected chi connectivity index (χ2v) is 5.63. The minimum atomic E-state index is -5.00. The maximum atomic E-state index is 12.7. The number of aromatic nitrogens is 5. The van der Waals surface area contributed by atoms with Crippen molar-refractivity contribution in [2.45, 2.75) is 13.1 Å². The van der Waals surface area contributed by atoms with Gasteiger partial charge in [-0.25, -0.2) is 4.98 Å². The number of alkyl halides is 3. The van der Waals surface area contributed by atoms with Gasteiger partial charge < -0.3 is 5.32 Å². The number of fused-ring (bicyclic) bond motifs is 2. The van der Waals surface area contributed by atoms with Crippen LogP contribution in [0.4, 0.5) is 24.7 Å². The first-order valence-electron chi connectivity index (χ1n) is 7.51. The fraction of sp³-hybridized carbons (Fsp3) is 0.125. The predicted octanol–water partition coefficient (Wildman–Crippen LogP) is 3.56. The Hall–Kier alpha value is -3.43. The Morgan fingerprint density at radius 3 is 2.81 bits per heavy atom. The number of nitrogens with zero attached hydrogens (tertiary/aromatic N) is 4. The summed E-state index contributed by atoms with van der Waals surface area (Å²) in [5.74, 6) is -1.43. The first kappa shape index (κ1) is 16.1. The molecule has 10 heteroatoms. The van der Waals surface area contributed by atoms with Gasteiger partial charge in [-0.1, -0.05) is 0 Å². The van der Waals surface area contributed by atoms with Gasteiger partial charge in [0.25, 0.3) is 0 Å². The second kappa shape index (κ2) is 5.55. The summed E-state index contributed by atoms with van der Waals surface area (Å²) >= 11 is 0. The molecule has 26 heavy (non-hydrogen) atoms. The lowest BCUT2D eigenvalue weighted by Crippen LogP contribution is -2.29. The minimum Gasteiger partial charge on any atom is -0.340 e. The van der Waals surface area contributed by atoms with Crippen LogP contribution in [0.1, 0.15) is 10.5 Å². The van der Waals surface area contributed by atoms with Crippen molar-refractivity contribution >= 4 is 39.3 Å². The molecule has 0 unspecified atom stereocenters. The number of H-pyrrole nitrogens is 1. The molecule has 3 heterocycles. The molecular formula is C16H11F3N6O. The van der Waals surface area contributed by atoms with E-state index in [-0.39, 0.29) is 5.52 Å². The quantitative estimate of drug-likeness (QED) is 0.571. The lowest BCUT2D eigenvalue weighted by molar-refractivity contribution is -0.0952. The second-order valence-electron chi connectivity index (χ2n) is 5.63. The minimum absolute atomic E-state index is 0.0894. The van der Waals surface area contributed by atoms with Crippen LogP contribution in [0, 0.1) is 6.92 Å². The van der Waals surface area contributed by atoms with Crippen LogP contribution in [-0.4, -0.2) is 37.0 Å². The average molecular weight is 360 g/mol. The van der Waals surface area contributed by atoms with Crippen LogP contribution in [0.3, 0.4) is 0 Å². The summed E-state index contributed by atoms with van der Waals surface area (Å²) in [7, 11) is 0. The van der Waals surface area contributed by atoms with Gasteiger partial charge in [-0.05, 0) is 37.3 Å². The summed E-state index contributed by atoms with van der Waals surface area (Å²) < 4.78 is 38.5. The molecule has 4 rings (SSSR count). The van der Waals surface area contributed by atoms with E-state index in [2.05, 4.69) is 25.6 Å². The molecule has 0 spiro atoms. The van der Waals surface area contributed by atoms with Gasteiger partial charge in [0.05, 0.1) is 16.6 Å². The van der Waals surface area contributed by atoms with Gasteiger partial charge in [0, 0.05) is 17.3 Å². The fourth-order valence-electron chi connectivity index (χ4n) is 2.71. The molecule has 0 amide bonds. The van der Waals surface area contributed by atoms with Gasteiger partial charge in [-0.3, -0.25) is 9.89 Å².